The zero-order chi connectivity index (χ0) is 20.1. The van der Waals surface area contributed by atoms with Crippen LogP contribution in [0.4, 0.5) is 4.79 Å². The lowest BCUT2D eigenvalue weighted by Gasteiger charge is -2.33. The fourth-order valence-electron chi connectivity index (χ4n) is 3.04. The van der Waals surface area contributed by atoms with Crippen molar-refractivity contribution in [1.82, 2.24) is 20.2 Å². The first-order valence-electron chi connectivity index (χ1n) is 9.42. The number of amides is 2. The van der Waals surface area contributed by atoms with E-state index in [-0.39, 0.29) is 17.9 Å². The summed E-state index contributed by atoms with van der Waals surface area (Å²) in [5, 5.41) is 5.78. The van der Waals surface area contributed by atoms with Gasteiger partial charge in [0.1, 0.15) is 10.6 Å². The second-order valence-corrected chi connectivity index (χ2v) is 8.79. The molecule has 0 aliphatic carbocycles. The molecule has 0 radical (unpaired) electrons. The molecule has 8 heteroatoms. The Labute approximate surface area is 169 Å². The Morgan fingerprint density at radius 3 is 2.79 bits per heavy atom. The smallest absolute Gasteiger partial charge is 0.410 e. The monoisotopic (exact) mass is 402 g/mol. The van der Waals surface area contributed by atoms with E-state index in [4.69, 9.17) is 4.74 Å². The van der Waals surface area contributed by atoms with E-state index in [0.717, 1.165) is 29.1 Å². The van der Waals surface area contributed by atoms with Gasteiger partial charge < -0.3 is 15.0 Å². The van der Waals surface area contributed by atoms with Crippen molar-refractivity contribution in [2.24, 2.45) is 5.92 Å². The number of nitrogens with zero attached hydrogens (tertiary/aromatic N) is 3. The number of hydrogen-bond acceptors (Lipinski definition) is 6. The van der Waals surface area contributed by atoms with Crippen molar-refractivity contribution in [3.8, 4) is 11.3 Å². The molecular weight excluding hydrogens is 376 g/mol. The lowest BCUT2D eigenvalue weighted by atomic mass is 9.97. The van der Waals surface area contributed by atoms with Gasteiger partial charge >= 0.3 is 6.09 Å². The van der Waals surface area contributed by atoms with Gasteiger partial charge in [0.25, 0.3) is 0 Å². The Hall–Kier alpha value is -2.48. The van der Waals surface area contributed by atoms with Crippen LogP contribution in [0.2, 0.25) is 0 Å². The third-order valence-corrected chi connectivity index (χ3v) is 5.23. The maximum Gasteiger partial charge on any atom is 0.410 e. The van der Waals surface area contributed by atoms with Crippen molar-refractivity contribution < 1.29 is 14.3 Å². The lowest BCUT2D eigenvalue weighted by Crippen LogP contribution is -2.46. The predicted octanol–water partition coefficient (Wildman–Crippen LogP) is 3.47. The van der Waals surface area contributed by atoms with Crippen LogP contribution in [-0.4, -0.2) is 45.6 Å². The fourth-order valence-corrected chi connectivity index (χ4v) is 3.78. The van der Waals surface area contributed by atoms with E-state index in [9.17, 15) is 9.59 Å². The van der Waals surface area contributed by atoms with Crippen LogP contribution in [0.1, 0.15) is 38.6 Å². The largest absolute Gasteiger partial charge is 0.444 e. The molecule has 3 heterocycles. The Bertz CT molecular complexity index is 816. The summed E-state index contributed by atoms with van der Waals surface area (Å²) in [5.41, 5.74) is 1.35. The summed E-state index contributed by atoms with van der Waals surface area (Å²) in [6.45, 7) is 6.92. The zero-order valence-corrected chi connectivity index (χ0v) is 17.3. The van der Waals surface area contributed by atoms with Crippen LogP contribution in [0.5, 0.6) is 0 Å². The van der Waals surface area contributed by atoms with Gasteiger partial charge in [-0.3, -0.25) is 9.78 Å². The molecular formula is C20H26N4O3S. The molecule has 1 atom stereocenters. The Balaban J connectivity index is 1.52. The molecule has 28 heavy (non-hydrogen) atoms. The van der Waals surface area contributed by atoms with Crippen molar-refractivity contribution in [3.63, 3.8) is 0 Å². The summed E-state index contributed by atoms with van der Waals surface area (Å²) in [6.07, 6.45) is 4.67. The van der Waals surface area contributed by atoms with Gasteiger partial charge in [-0.15, -0.1) is 11.3 Å². The topological polar surface area (TPSA) is 84.4 Å². The van der Waals surface area contributed by atoms with Gasteiger partial charge in [0.15, 0.2) is 0 Å². The molecule has 2 aromatic heterocycles. The summed E-state index contributed by atoms with van der Waals surface area (Å²) >= 11 is 1.51. The fraction of sp³-hybridized carbons (Fsp3) is 0.500. The number of nitrogens with one attached hydrogen (secondary N) is 1. The Morgan fingerprint density at radius 2 is 2.07 bits per heavy atom. The van der Waals surface area contributed by atoms with Crippen molar-refractivity contribution in [2.45, 2.75) is 45.8 Å². The van der Waals surface area contributed by atoms with E-state index in [1.54, 1.807) is 17.3 Å². The molecule has 3 rings (SSSR count). The van der Waals surface area contributed by atoms with Crippen molar-refractivity contribution >= 4 is 23.3 Å². The van der Waals surface area contributed by atoms with Crippen LogP contribution >= 0.6 is 11.3 Å². The van der Waals surface area contributed by atoms with Gasteiger partial charge in [0, 0.05) is 36.4 Å². The predicted molar refractivity (Wildman–Crippen MR) is 108 cm³/mol. The minimum absolute atomic E-state index is 0.0473. The highest BCUT2D eigenvalue weighted by atomic mass is 32.1. The second kappa shape index (κ2) is 8.68. The summed E-state index contributed by atoms with van der Waals surface area (Å²) in [7, 11) is 0. The maximum atomic E-state index is 12.6. The second-order valence-electron chi connectivity index (χ2n) is 7.85. The first-order chi connectivity index (χ1) is 13.3. The SMILES string of the molecule is CC(C)(C)OC(=O)N1CCCC(C(=O)NCc2nc(-c3ccncc3)cs2)C1. The van der Waals surface area contributed by atoms with Crippen molar-refractivity contribution in [2.75, 3.05) is 13.1 Å². The van der Waals surface area contributed by atoms with Gasteiger partial charge in [-0.05, 0) is 45.7 Å². The highest BCUT2D eigenvalue weighted by Crippen LogP contribution is 2.22. The number of carbonyl (C=O) groups is 2. The Morgan fingerprint density at radius 1 is 1.32 bits per heavy atom. The summed E-state index contributed by atoms with van der Waals surface area (Å²) in [5.74, 6) is -0.269. The molecule has 0 spiro atoms. The molecule has 1 unspecified atom stereocenters. The number of aromatic nitrogens is 2. The average Bonchev–Trinajstić information content (AvgIpc) is 3.15. The van der Waals surface area contributed by atoms with E-state index in [1.807, 2.05) is 38.3 Å². The van der Waals surface area contributed by atoms with Crippen molar-refractivity contribution in [3.05, 3.63) is 34.9 Å². The minimum atomic E-state index is -0.538. The minimum Gasteiger partial charge on any atom is -0.444 e. The number of rotatable bonds is 4. The molecule has 150 valence electrons. The summed E-state index contributed by atoms with van der Waals surface area (Å²) in [4.78, 5) is 35.0. The van der Waals surface area contributed by atoms with E-state index in [1.165, 1.54) is 11.3 Å². The molecule has 0 saturated carbocycles. The van der Waals surface area contributed by atoms with Gasteiger partial charge in [0.2, 0.25) is 5.91 Å². The van der Waals surface area contributed by atoms with Gasteiger partial charge in [-0.25, -0.2) is 9.78 Å². The van der Waals surface area contributed by atoms with Crippen LogP contribution in [-0.2, 0) is 16.1 Å². The van der Waals surface area contributed by atoms with Crippen LogP contribution < -0.4 is 5.32 Å². The standard InChI is InChI=1S/C20H26N4O3S/c1-20(2,3)27-19(26)24-10-4-5-15(12-24)18(25)22-11-17-23-16(13-28-17)14-6-8-21-9-7-14/h6-9,13,15H,4-5,10-12H2,1-3H3,(H,22,25). The third kappa shape index (κ3) is 5.51. The third-order valence-electron chi connectivity index (χ3n) is 4.39. The highest BCUT2D eigenvalue weighted by molar-refractivity contribution is 7.09. The number of ether oxygens (including phenoxy) is 1. The lowest BCUT2D eigenvalue weighted by molar-refractivity contribution is -0.126. The van der Waals surface area contributed by atoms with E-state index in [2.05, 4.69) is 15.3 Å². The normalized spacial score (nSPS) is 17.2. The number of pyridine rings is 1. The first-order valence-corrected chi connectivity index (χ1v) is 10.3. The molecule has 1 aliphatic rings. The zero-order valence-electron chi connectivity index (χ0n) is 16.5. The maximum absolute atomic E-state index is 12.6. The quantitative estimate of drug-likeness (QED) is 0.846. The van der Waals surface area contributed by atoms with Gasteiger partial charge in [-0.2, -0.15) is 0 Å². The molecule has 1 fully saturated rings. The molecule has 2 amide bonds. The number of piperidine rings is 1. The molecule has 2 aromatic rings. The molecule has 0 bridgehead atoms. The number of likely N-dealkylation sites (tertiary alicyclic amines) is 1. The number of carbonyl (C=O) groups excluding carboxylic acids is 2. The van der Waals surface area contributed by atoms with Gasteiger partial charge in [-0.1, -0.05) is 0 Å². The molecule has 0 aromatic carbocycles. The molecule has 1 saturated heterocycles. The first kappa shape index (κ1) is 20.3. The molecule has 7 nitrogen and oxygen atoms in total. The average molecular weight is 403 g/mol. The van der Waals surface area contributed by atoms with Crippen LogP contribution in [0.25, 0.3) is 11.3 Å². The van der Waals surface area contributed by atoms with E-state index in [0.29, 0.717) is 19.6 Å². The van der Waals surface area contributed by atoms with E-state index < -0.39 is 5.60 Å². The number of thiazole rings is 1. The van der Waals surface area contributed by atoms with Crippen LogP contribution in [0, 0.1) is 5.92 Å². The van der Waals surface area contributed by atoms with Crippen molar-refractivity contribution in [1.29, 1.82) is 0 Å². The van der Waals surface area contributed by atoms with Crippen LogP contribution in [0.15, 0.2) is 29.9 Å². The van der Waals surface area contributed by atoms with Crippen LogP contribution in [0.3, 0.4) is 0 Å². The highest BCUT2D eigenvalue weighted by Gasteiger charge is 2.31. The Kier molecular flexibility index (Phi) is 6.28. The van der Waals surface area contributed by atoms with E-state index >= 15 is 0 Å². The molecule has 1 N–H and O–H groups in total. The van der Waals surface area contributed by atoms with Gasteiger partial charge in [0.05, 0.1) is 18.2 Å². The number of hydrogen-bond donors (Lipinski definition) is 1. The summed E-state index contributed by atoms with van der Waals surface area (Å²) < 4.78 is 5.42. The summed E-state index contributed by atoms with van der Waals surface area (Å²) in [6, 6.07) is 3.81. The molecule has 1 aliphatic heterocycles.